The quantitative estimate of drug-likeness (QED) is 0.828. The first-order chi connectivity index (χ1) is 6.74. The van der Waals surface area contributed by atoms with Crippen molar-refractivity contribution in [3.05, 3.63) is 28.3 Å². The van der Waals surface area contributed by atoms with E-state index in [1.165, 1.54) is 5.56 Å². The van der Waals surface area contributed by atoms with E-state index in [0.29, 0.717) is 0 Å². The van der Waals surface area contributed by atoms with Gasteiger partial charge in [-0.25, -0.2) is 0 Å². The summed E-state index contributed by atoms with van der Waals surface area (Å²) >= 11 is 6.13. The summed E-state index contributed by atoms with van der Waals surface area (Å²) in [5, 5.41) is 0.771. The van der Waals surface area contributed by atoms with E-state index in [-0.39, 0.29) is 18.4 Å². The molecule has 1 aromatic rings. The van der Waals surface area contributed by atoms with Gasteiger partial charge >= 0.3 is 0 Å². The molecule has 84 valence electrons. The van der Waals surface area contributed by atoms with Crippen molar-refractivity contribution < 1.29 is 4.74 Å². The van der Waals surface area contributed by atoms with E-state index in [4.69, 9.17) is 22.1 Å². The van der Waals surface area contributed by atoms with Crippen molar-refractivity contribution in [3.63, 3.8) is 0 Å². The van der Waals surface area contributed by atoms with E-state index in [2.05, 4.69) is 0 Å². The molecule has 2 rings (SSSR count). The van der Waals surface area contributed by atoms with Crippen molar-refractivity contribution in [2.45, 2.75) is 25.3 Å². The van der Waals surface area contributed by atoms with Crippen LogP contribution in [0.2, 0.25) is 5.02 Å². The van der Waals surface area contributed by atoms with E-state index < -0.39 is 0 Å². The second-order valence-electron chi connectivity index (χ2n) is 3.64. The van der Waals surface area contributed by atoms with Crippen molar-refractivity contribution in [3.8, 4) is 5.75 Å². The molecule has 0 saturated carbocycles. The van der Waals surface area contributed by atoms with Crippen LogP contribution in [0, 0.1) is 0 Å². The third kappa shape index (κ3) is 2.22. The van der Waals surface area contributed by atoms with Gasteiger partial charge in [-0.05, 0) is 37.0 Å². The van der Waals surface area contributed by atoms with Crippen molar-refractivity contribution in [2.75, 3.05) is 7.11 Å². The van der Waals surface area contributed by atoms with Gasteiger partial charge in [-0.1, -0.05) is 11.6 Å². The first-order valence-corrected chi connectivity index (χ1v) is 5.22. The Morgan fingerprint density at radius 2 is 2.20 bits per heavy atom. The largest absolute Gasteiger partial charge is 0.496 e. The van der Waals surface area contributed by atoms with Gasteiger partial charge in [0, 0.05) is 16.6 Å². The van der Waals surface area contributed by atoms with Crippen LogP contribution in [0.4, 0.5) is 0 Å². The van der Waals surface area contributed by atoms with Gasteiger partial charge in [-0.2, -0.15) is 0 Å². The second-order valence-corrected chi connectivity index (χ2v) is 4.05. The minimum atomic E-state index is 0. The molecule has 4 heteroatoms. The number of hydrogen-bond donors (Lipinski definition) is 1. The van der Waals surface area contributed by atoms with E-state index in [0.717, 1.165) is 35.6 Å². The number of rotatable bonds is 1. The lowest BCUT2D eigenvalue weighted by atomic mass is 9.87. The maximum atomic E-state index is 6.13. The number of benzene rings is 1. The van der Waals surface area contributed by atoms with Gasteiger partial charge in [-0.15, -0.1) is 12.4 Å². The molecule has 0 fully saturated rings. The number of ether oxygens (including phenoxy) is 1. The molecule has 0 aromatic heterocycles. The summed E-state index contributed by atoms with van der Waals surface area (Å²) in [6.07, 6.45) is 3.15. The molecule has 0 bridgehead atoms. The third-order valence-corrected chi connectivity index (χ3v) is 3.12. The first-order valence-electron chi connectivity index (χ1n) is 4.85. The van der Waals surface area contributed by atoms with E-state index >= 15 is 0 Å². The van der Waals surface area contributed by atoms with Crippen LogP contribution in [0.25, 0.3) is 0 Å². The summed E-state index contributed by atoms with van der Waals surface area (Å²) in [6.45, 7) is 0. The molecule has 0 spiro atoms. The van der Waals surface area contributed by atoms with E-state index in [1.807, 2.05) is 12.1 Å². The molecule has 0 amide bonds. The Kier molecular flexibility index (Phi) is 4.26. The molecule has 1 atom stereocenters. The average molecular weight is 248 g/mol. The highest BCUT2D eigenvalue weighted by molar-refractivity contribution is 6.31. The molecule has 2 N–H and O–H groups in total. The minimum Gasteiger partial charge on any atom is -0.496 e. The maximum Gasteiger partial charge on any atom is 0.122 e. The zero-order valence-electron chi connectivity index (χ0n) is 8.63. The van der Waals surface area contributed by atoms with Crippen molar-refractivity contribution in [1.29, 1.82) is 0 Å². The fourth-order valence-corrected chi connectivity index (χ4v) is 2.43. The van der Waals surface area contributed by atoms with Crippen molar-refractivity contribution in [2.24, 2.45) is 5.73 Å². The molecule has 0 heterocycles. The highest BCUT2D eigenvalue weighted by Gasteiger charge is 2.22. The Morgan fingerprint density at radius 3 is 2.87 bits per heavy atom. The zero-order chi connectivity index (χ0) is 10.1. The summed E-state index contributed by atoms with van der Waals surface area (Å²) in [4.78, 5) is 0. The van der Waals surface area contributed by atoms with Gasteiger partial charge in [0.2, 0.25) is 0 Å². The summed E-state index contributed by atoms with van der Waals surface area (Å²) in [6, 6.07) is 3.85. The molecule has 1 aromatic carbocycles. The Morgan fingerprint density at radius 1 is 1.47 bits per heavy atom. The summed E-state index contributed by atoms with van der Waals surface area (Å²) in [5.41, 5.74) is 8.30. The smallest absolute Gasteiger partial charge is 0.122 e. The van der Waals surface area contributed by atoms with Crippen LogP contribution in [-0.2, 0) is 6.42 Å². The van der Waals surface area contributed by atoms with Crippen LogP contribution >= 0.6 is 24.0 Å². The number of hydrogen-bond acceptors (Lipinski definition) is 2. The fraction of sp³-hybridized carbons (Fsp3) is 0.455. The van der Waals surface area contributed by atoms with Gasteiger partial charge < -0.3 is 10.5 Å². The molecular weight excluding hydrogens is 233 g/mol. The van der Waals surface area contributed by atoms with Crippen LogP contribution in [0.5, 0.6) is 5.75 Å². The molecule has 1 aliphatic rings. The van der Waals surface area contributed by atoms with Crippen LogP contribution in [0.1, 0.15) is 30.0 Å². The zero-order valence-corrected chi connectivity index (χ0v) is 10.2. The Hall–Kier alpha value is -0.440. The van der Waals surface area contributed by atoms with Gasteiger partial charge in [0.15, 0.2) is 0 Å². The SMILES string of the molecule is COc1ccc(Cl)c2c1CCC[C@@H]2N.Cl. The highest BCUT2D eigenvalue weighted by Crippen LogP contribution is 2.38. The van der Waals surface area contributed by atoms with Gasteiger partial charge in [0.05, 0.1) is 7.11 Å². The Bertz CT molecular complexity index is 355. The molecule has 0 aliphatic heterocycles. The summed E-state index contributed by atoms with van der Waals surface area (Å²) < 4.78 is 5.30. The van der Waals surface area contributed by atoms with Gasteiger partial charge in [0.1, 0.15) is 5.75 Å². The summed E-state index contributed by atoms with van der Waals surface area (Å²) in [7, 11) is 1.68. The summed E-state index contributed by atoms with van der Waals surface area (Å²) in [5.74, 6) is 0.916. The lowest BCUT2D eigenvalue weighted by Crippen LogP contribution is -2.18. The minimum absolute atomic E-state index is 0. The standard InChI is InChI=1S/C11H14ClNO.ClH/c1-14-10-6-5-8(12)11-7(10)3-2-4-9(11)13;/h5-6,9H,2-4,13H2,1H3;1H/t9-;/m0./s1. The fourth-order valence-electron chi connectivity index (χ4n) is 2.11. The predicted molar refractivity (Wildman–Crippen MR) is 65.1 cm³/mol. The highest BCUT2D eigenvalue weighted by atomic mass is 35.5. The molecule has 15 heavy (non-hydrogen) atoms. The molecular formula is C11H15Cl2NO. The lowest BCUT2D eigenvalue weighted by molar-refractivity contribution is 0.403. The van der Waals surface area contributed by atoms with Crippen LogP contribution in [0.15, 0.2) is 12.1 Å². The van der Waals surface area contributed by atoms with Crippen molar-refractivity contribution in [1.82, 2.24) is 0 Å². The lowest BCUT2D eigenvalue weighted by Gasteiger charge is -2.25. The van der Waals surface area contributed by atoms with Crippen LogP contribution in [-0.4, -0.2) is 7.11 Å². The van der Waals surface area contributed by atoms with Crippen LogP contribution in [0.3, 0.4) is 0 Å². The van der Waals surface area contributed by atoms with Crippen LogP contribution < -0.4 is 10.5 Å². The molecule has 0 saturated heterocycles. The number of halogens is 2. The topological polar surface area (TPSA) is 35.2 Å². The number of nitrogens with two attached hydrogens (primary N) is 1. The maximum absolute atomic E-state index is 6.13. The Labute approximate surface area is 101 Å². The molecule has 1 aliphatic carbocycles. The van der Waals surface area contributed by atoms with Crippen molar-refractivity contribution >= 4 is 24.0 Å². The monoisotopic (exact) mass is 247 g/mol. The van der Waals surface area contributed by atoms with Gasteiger partial charge in [0.25, 0.3) is 0 Å². The predicted octanol–water partition coefficient (Wildman–Crippen LogP) is 3.11. The second kappa shape index (κ2) is 5.06. The average Bonchev–Trinajstić information content (AvgIpc) is 2.18. The van der Waals surface area contributed by atoms with E-state index in [1.54, 1.807) is 7.11 Å². The molecule has 0 unspecified atom stereocenters. The normalized spacial score (nSPS) is 19.0. The molecule has 0 radical (unpaired) electrons. The molecule has 2 nitrogen and oxygen atoms in total. The third-order valence-electron chi connectivity index (χ3n) is 2.79. The first kappa shape index (κ1) is 12.6. The van der Waals surface area contributed by atoms with E-state index in [9.17, 15) is 0 Å². The number of fused-ring (bicyclic) bond motifs is 1. The van der Waals surface area contributed by atoms with Gasteiger partial charge in [-0.3, -0.25) is 0 Å². The Balaban J connectivity index is 0.00000112. The number of methoxy groups -OCH3 is 1.